The molecule has 1 atom stereocenters. The molecule has 1 N–H and O–H groups in total. The van der Waals surface area contributed by atoms with Crippen LogP contribution < -0.4 is 5.32 Å². The molecule has 1 saturated heterocycles. The molecule has 2 aromatic carbocycles. The summed E-state index contributed by atoms with van der Waals surface area (Å²) < 4.78 is 13.4. The third kappa shape index (κ3) is 3.71. The molecule has 144 valence electrons. The molecule has 2 aliphatic rings. The molecule has 0 radical (unpaired) electrons. The number of nitrogens with zero attached hydrogens (tertiary/aromatic N) is 3. The van der Waals surface area contributed by atoms with E-state index in [2.05, 4.69) is 16.4 Å². The minimum absolute atomic E-state index is 0.0168. The van der Waals surface area contributed by atoms with E-state index in [-0.39, 0.29) is 17.6 Å². The average molecular weight is 378 g/mol. The minimum Gasteiger partial charge on any atom is -0.326 e. The number of likely N-dealkylation sites (tertiary alicyclic amines) is 1. The number of carbonyl (C=O) groups excluding carboxylic acids is 1. The van der Waals surface area contributed by atoms with Gasteiger partial charge in [-0.05, 0) is 73.0 Å². The number of fused-ring (bicyclic) bond motifs is 1. The van der Waals surface area contributed by atoms with Crippen molar-refractivity contribution in [3.05, 3.63) is 53.3 Å². The first-order valence-electron chi connectivity index (χ1n) is 9.59. The van der Waals surface area contributed by atoms with Crippen LogP contribution in [0.3, 0.4) is 0 Å². The van der Waals surface area contributed by atoms with Gasteiger partial charge in [-0.1, -0.05) is 12.1 Å². The van der Waals surface area contributed by atoms with E-state index in [9.17, 15) is 14.4 Å². The molecular formula is C22H23FN4O. The second-order valence-corrected chi connectivity index (χ2v) is 7.72. The summed E-state index contributed by atoms with van der Waals surface area (Å²) >= 11 is 0. The molecule has 6 heteroatoms. The van der Waals surface area contributed by atoms with Crippen LogP contribution in [-0.4, -0.2) is 35.8 Å². The standard InChI is InChI=1S/C22H23FN4O/c1-26-8-2-3-16(11-26)22(28)25-19-9-17-12-27(14-24)13-21(17)20(10-19)15-4-6-18(23)7-5-15/h4-7,9-10,16H,2-3,8,11-13H2,1H3,(H,25,28). The highest BCUT2D eigenvalue weighted by molar-refractivity contribution is 5.94. The van der Waals surface area contributed by atoms with E-state index in [0.717, 1.165) is 53.9 Å². The van der Waals surface area contributed by atoms with E-state index in [0.29, 0.717) is 13.1 Å². The Balaban J connectivity index is 1.65. The number of carbonyl (C=O) groups is 1. The molecule has 2 heterocycles. The lowest BCUT2D eigenvalue weighted by Crippen LogP contribution is -2.38. The van der Waals surface area contributed by atoms with Gasteiger partial charge >= 0.3 is 0 Å². The van der Waals surface area contributed by atoms with E-state index >= 15 is 0 Å². The summed E-state index contributed by atoms with van der Waals surface area (Å²) in [4.78, 5) is 16.6. The topological polar surface area (TPSA) is 59.4 Å². The van der Waals surface area contributed by atoms with Gasteiger partial charge in [0.1, 0.15) is 5.82 Å². The Morgan fingerprint density at radius 3 is 2.75 bits per heavy atom. The van der Waals surface area contributed by atoms with Gasteiger partial charge in [-0.15, -0.1) is 0 Å². The maximum atomic E-state index is 13.4. The zero-order valence-corrected chi connectivity index (χ0v) is 15.9. The van der Waals surface area contributed by atoms with Crippen LogP contribution in [0, 0.1) is 23.2 Å². The fourth-order valence-corrected chi connectivity index (χ4v) is 4.17. The highest BCUT2D eigenvalue weighted by Gasteiger charge is 2.26. The first-order chi connectivity index (χ1) is 13.5. The van der Waals surface area contributed by atoms with Gasteiger partial charge in [0, 0.05) is 12.2 Å². The molecule has 1 amide bonds. The summed E-state index contributed by atoms with van der Waals surface area (Å²) in [5.74, 6) is -0.270. The summed E-state index contributed by atoms with van der Waals surface area (Å²) in [5.41, 5.74) is 4.64. The molecule has 0 bridgehead atoms. The number of hydrogen-bond donors (Lipinski definition) is 1. The van der Waals surface area contributed by atoms with Crippen LogP contribution in [0.2, 0.25) is 0 Å². The molecule has 28 heavy (non-hydrogen) atoms. The van der Waals surface area contributed by atoms with Crippen molar-refractivity contribution in [2.75, 3.05) is 25.5 Å². The van der Waals surface area contributed by atoms with E-state index in [4.69, 9.17) is 0 Å². The first-order valence-corrected chi connectivity index (χ1v) is 9.59. The van der Waals surface area contributed by atoms with Crippen LogP contribution in [0.1, 0.15) is 24.0 Å². The number of anilines is 1. The summed E-state index contributed by atoms with van der Waals surface area (Å²) in [7, 11) is 2.04. The third-order valence-corrected chi connectivity index (χ3v) is 5.61. The number of halogens is 1. The fourth-order valence-electron chi connectivity index (χ4n) is 4.17. The van der Waals surface area contributed by atoms with Gasteiger partial charge in [-0.3, -0.25) is 4.79 Å². The van der Waals surface area contributed by atoms with Gasteiger partial charge in [0.05, 0.1) is 19.0 Å². The lowest BCUT2D eigenvalue weighted by Gasteiger charge is -2.28. The molecule has 0 aliphatic carbocycles. The Morgan fingerprint density at radius 1 is 1.25 bits per heavy atom. The van der Waals surface area contributed by atoms with Gasteiger partial charge in [0.25, 0.3) is 0 Å². The van der Waals surface area contributed by atoms with Gasteiger partial charge < -0.3 is 15.1 Å². The summed E-state index contributed by atoms with van der Waals surface area (Å²) in [5, 5.41) is 12.4. The monoisotopic (exact) mass is 378 g/mol. The Labute approximate surface area is 164 Å². The van der Waals surface area contributed by atoms with Crippen LogP contribution in [0.5, 0.6) is 0 Å². The molecule has 0 aromatic heterocycles. The molecular weight excluding hydrogens is 355 g/mol. The maximum absolute atomic E-state index is 13.4. The van der Waals surface area contributed by atoms with Crippen molar-refractivity contribution >= 4 is 11.6 Å². The smallest absolute Gasteiger partial charge is 0.228 e. The lowest BCUT2D eigenvalue weighted by molar-refractivity contribution is -0.121. The predicted molar refractivity (Wildman–Crippen MR) is 106 cm³/mol. The van der Waals surface area contributed by atoms with Crippen molar-refractivity contribution in [1.82, 2.24) is 9.80 Å². The summed E-state index contributed by atoms with van der Waals surface area (Å²) in [6.07, 6.45) is 4.12. The molecule has 0 spiro atoms. The van der Waals surface area contributed by atoms with E-state index in [1.165, 1.54) is 12.1 Å². The lowest BCUT2D eigenvalue weighted by atomic mass is 9.95. The molecule has 1 fully saturated rings. The quantitative estimate of drug-likeness (QED) is 0.830. The highest BCUT2D eigenvalue weighted by Crippen LogP contribution is 2.35. The van der Waals surface area contributed by atoms with Crippen LogP contribution in [0.15, 0.2) is 36.4 Å². The normalized spacial score (nSPS) is 19.2. The molecule has 1 unspecified atom stereocenters. The largest absolute Gasteiger partial charge is 0.326 e. The van der Waals surface area contributed by atoms with E-state index in [1.807, 2.05) is 19.2 Å². The van der Waals surface area contributed by atoms with E-state index in [1.54, 1.807) is 17.0 Å². The van der Waals surface area contributed by atoms with Crippen molar-refractivity contribution < 1.29 is 9.18 Å². The van der Waals surface area contributed by atoms with Crippen molar-refractivity contribution in [3.8, 4) is 17.3 Å². The average Bonchev–Trinajstić information content (AvgIpc) is 3.11. The van der Waals surface area contributed by atoms with Crippen LogP contribution >= 0.6 is 0 Å². The number of benzene rings is 2. The number of hydrogen-bond acceptors (Lipinski definition) is 4. The molecule has 0 saturated carbocycles. The number of piperidine rings is 1. The van der Waals surface area contributed by atoms with Gasteiger partial charge in [0.15, 0.2) is 6.19 Å². The van der Waals surface area contributed by atoms with Crippen molar-refractivity contribution in [2.24, 2.45) is 5.92 Å². The second kappa shape index (κ2) is 7.61. The third-order valence-electron chi connectivity index (χ3n) is 5.61. The van der Waals surface area contributed by atoms with Crippen LogP contribution in [0.4, 0.5) is 10.1 Å². The van der Waals surface area contributed by atoms with Crippen LogP contribution in [0.25, 0.3) is 11.1 Å². The minimum atomic E-state index is -0.287. The van der Waals surface area contributed by atoms with Gasteiger partial charge in [-0.2, -0.15) is 5.26 Å². The molecule has 4 rings (SSSR count). The Kier molecular flexibility index (Phi) is 5.01. The summed E-state index contributed by atoms with van der Waals surface area (Å²) in [6, 6.07) is 10.2. The fraction of sp³-hybridized carbons (Fsp3) is 0.364. The summed E-state index contributed by atoms with van der Waals surface area (Å²) in [6.45, 7) is 2.85. The Morgan fingerprint density at radius 2 is 2.04 bits per heavy atom. The number of nitrogens with one attached hydrogen (secondary N) is 1. The Hall–Kier alpha value is -2.91. The van der Waals surface area contributed by atoms with Crippen molar-refractivity contribution in [3.63, 3.8) is 0 Å². The SMILES string of the molecule is CN1CCCC(C(=O)Nc2cc3c(c(-c4ccc(F)cc4)c2)CN(C#N)C3)C1. The zero-order valence-electron chi connectivity index (χ0n) is 15.9. The van der Waals surface area contributed by atoms with Crippen LogP contribution in [-0.2, 0) is 17.9 Å². The number of amides is 1. The van der Waals surface area contributed by atoms with Gasteiger partial charge in [0.2, 0.25) is 5.91 Å². The zero-order chi connectivity index (χ0) is 19.7. The molecule has 2 aliphatic heterocycles. The molecule has 5 nitrogen and oxygen atoms in total. The number of nitriles is 1. The van der Waals surface area contributed by atoms with Crippen molar-refractivity contribution in [1.29, 1.82) is 5.26 Å². The maximum Gasteiger partial charge on any atom is 0.228 e. The van der Waals surface area contributed by atoms with E-state index < -0.39 is 0 Å². The molecule has 2 aromatic rings. The Bertz CT molecular complexity index is 935. The van der Waals surface area contributed by atoms with Crippen molar-refractivity contribution in [2.45, 2.75) is 25.9 Å². The van der Waals surface area contributed by atoms with Gasteiger partial charge in [-0.25, -0.2) is 4.39 Å². The first kappa shape index (κ1) is 18.5. The highest BCUT2D eigenvalue weighted by atomic mass is 19.1. The second-order valence-electron chi connectivity index (χ2n) is 7.72. The number of rotatable bonds is 3. The predicted octanol–water partition coefficient (Wildman–Crippen LogP) is 3.57.